The Morgan fingerprint density at radius 1 is 1.17 bits per heavy atom. The third-order valence-electron chi connectivity index (χ3n) is 2.92. The lowest BCUT2D eigenvalue weighted by Gasteiger charge is -1.99. The van der Waals surface area contributed by atoms with E-state index in [-0.39, 0.29) is 0 Å². The summed E-state index contributed by atoms with van der Waals surface area (Å²) in [5.74, 6) is 0. The Hall–Kier alpha value is -1.84. The number of nitrogens with two attached hydrogens (primary N) is 1. The Morgan fingerprint density at radius 2 is 2.06 bits per heavy atom. The number of benzene rings is 1. The van der Waals surface area contributed by atoms with Crippen molar-refractivity contribution in [3.05, 3.63) is 53.2 Å². The molecule has 3 rings (SSSR count). The van der Waals surface area contributed by atoms with Gasteiger partial charge in [0.25, 0.3) is 0 Å². The number of rotatable bonds is 2. The minimum atomic E-state index is 0.515. The first-order valence-electron chi connectivity index (χ1n) is 5.70. The van der Waals surface area contributed by atoms with E-state index in [0.29, 0.717) is 6.54 Å². The lowest BCUT2D eigenvalue weighted by molar-refractivity contribution is 1.06. The maximum atomic E-state index is 5.98. The molecular formula is C14H12ClN3. The maximum Gasteiger partial charge on any atom is 0.0867 e. The van der Waals surface area contributed by atoms with Gasteiger partial charge in [0.2, 0.25) is 0 Å². The number of aromatic nitrogens is 2. The monoisotopic (exact) mass is 257 g/mol. The summed E-state index contributed by atoms with van der Waals surface area (Å²) in [5, 5.41) is 1.81. The highest BCUT2D eigenvalue weighted by Crippen LogP contribution is 2.25. The molecule has 0 aliphatic heterocycles. The van der Waals surface area contributed by atoms with Crippen molar-refractivity contribution in [1.29, 1.82) is 0 Å². The molecule has 0 saturated carbocycles. The van der Waals surface area contributed by atoms with Crippen LogP contribution in [-0.2, 0) is 6.54 Å². The zero-order chi connectivity index (χ0) is 12.5. The number of halogens is 1. The first-order valence-corrected chi connectivity index (χ1v) is 6.08. The standard InChI is InChI=1S/C14H12ClN3/c15-11-1-2-12-10(6-11)7-14(18-12)13-5-9(8-16)3-4-17-13/h1-7,18H,8,16H2. The van der Waals surface area contributed by atoms with Crippen LogP contribution in [0, 0.1) is 0 Å². The average Bonchev–Trinajstić information content (AvgIpc) is 2.81. The van der Waals surface area contributed by atoms with Gasteiger partial charge in [-0.2, -0.15) is 0 Å². The minimum Gasteiger partial charge on any atom is -0.353 e. The average molecular weight is 258 g/mol. The van der Waals surface area contributed by atoms with Crippen molar-refractivity contribution in [2.24, 2.45) is 5.73 Å². The van der Waals surface area contributed by atoms with Gasteiger partial charge in [0, 0.05) is 28.7 Å². The molecule has 1 aromatic carbocycles. The number of nitrogens with one attached hydrogen (secondary N) is 1. The van der Waals surface area contributed by atoms with Crippen LogP contribution in [0.25, 0.3) is 22.3 Å². The van der Waals surface area contributed by atoms with Crippen molar-refractivity contribution in [2.45, 2.75) is 6.54 Å². The van der Waals surface area contributed by atoms with Gasteiger partial charge in [0.05, 0.1) is 11.4 Å². The molecule has 0 spiro atoms. The molecule has 18 heavy (non-hydrogen) atoms. The van der Waals surface area contributed by atoms with E-state index in [4.69, 9.17) is 17.3 Å². The molecule has 0 bridgehead atoms. The predicted molar refractivity (Wildman–Crippen MR) is 74.4 cm³/mol. The molecule has 3 nitrogen and oxygen atoms in total. The van der Waals surface area contributed by atoms with Gasteiger partial charge in [-0.25, -0.2) is 0 Å². The van der Waals surface area contributed by atoms with Crippen LogP contribution in [0.15, 0.2) is 42.6 Å². The van der Waals surface area contributed by atoms with Crippen LogP contribution < -0.4 is 5.73 Å². The summed E-state index contributed by atoms with van der Waals surface area (Å²) >= 11 is 5.98. The lowest BCUT2D eigenvalue weighted by atomic mass is 10.2. The number of H-pyrrole nitrogens is 1. The number of fused-ring (bicyclic) bond motifs is 1. The molecule has 2 heterocycles. The van der Waals surface area contributed by atoms with Crippen molar-refractivity contribution < 1.29 is 0 Å². The first-order chi connectivity index (χ1) is 8.76. The van der Waals surface area contributed by atoms with Crippen molar-refractivity contribution >= 4 is 22.5 Å². The largest absolute Gasteiger partial charge is 0.353 e. The highest BCUT2D eigenvalue weighted by molar-refractivity contribution is 6.31. The number of hydrogen-bond donors (Lipinski definition) is 2. The quantitative estimate of drug-likeness (QED) is 0.740. The fraction of sp³-hybridized carbons (Fsp3) is 0.0714. The molecule has 0 fully saturated rings. The molecule has 0 aliphatic rings. The van der Waals surface area contributed by atoms with E-state index in [1.54, 1.807) is 6.20 Å². The van der Waals surface area contributed by atoms with Crippen LogP contribution >= 0.6 is 11.6 Å². The van der Waals surface area contributed by atoms with E-state index in [2.05, 4.69) is 9.97 Å². The summed E-state index contributed by atoms with van der Waals surface area (Å²) in [4.78, 5) is 7.68. The van der Waals surface area contributed by atoms with Crippen molar-refractivity contribution in [2.75, 3.05) is 0 Å². The Bertz CT molecular complexity index is 703. The van der Waals surface area contributed by atoms with Gasteiger partial charge in [-0.3, -0.25) is 4.98 Å². The number of hydrogen-bond acceptors (Lipinski definition) is 2. The molecule has 0 unspecified atom stereocenters. The predicted octanol–water partition coefficient (Wildman–Crippen LogP) is 3.34. The Morgan fingerprint density at radius 3 is 2.89 bits per heavy atom. The molecule has 0 saturated heterocycles. The van der Waals surface area contributed by atoms with Crippen LogP contribution in [0.5, 0.6) is 0 Å². The Labute approximate surface area is 110 Å². The molecule has 0 aliphatic carbocycles. The van der Waals surface area contributed by atoms with Crippen LogP contribution in [0.1, 0.15) is 5.56 Å². The number of nitrogens with zero attached hydrogens (tertiary/aromatic N) is 1. The van der Waals surface area contributed by atoms with Gasteiger partial charge < -0.3 is 10.7 Å². The second-order valence-electron chi connectivity index (χ2n) is 4.17. The summed E-state index contributed by atoms with van der Waals surface area (Å²) in [6, 6.07) is 11.7. The Kier molecular flexibility index (Phi) is 2.78. The normalized spacial score (nSPS) is 11.0. The maximum absolute atomic E-state index is 5.98. The van der Waals surface area contributed by atoms with E-state index in [9.17, 15) is 0 Å². The summed E-state index contributed by atoms with van der Waals surface area (Å²) in [6.45, 7) is 0.515. The topological polar surface area (TPSA) is 54.7 Å². The SMILES string of the molecule is NCc1ccnc(-c2cc3cc(Cl)ccc3[nH]2)c1. The highest BCUT2D eigenvalue weighted by Gasteiger charge is 2.05. The fourth-order valence-electron chi connectivity index (χ4n) is 1.99. The summed E-state index contributed by atoms with van der Waals surface area (Å²) in [6.07, 6.45) is 1.77. The second kappa shape index (κ2) is 4.44. The lowest BCUT2D eigenvalue weighted by Crippen LogP contribution is -1.97. The van der Waals surface area contributed by atoms with Gasteiger partial charge in [0.15, 0.2) is 0 Å². The van der Waals surface area contributed by atoms with Gasteiger partial charge in [-0.15, -0.1) is 0 Å². The molecule has 4 heteroatoms. The molecular weight excluding hydrogens is 246 g/mol. The number of aromatic amines is 1. The van der Waals surface area contributed by atoms with Crippen molar-refractivity contribution in [1.82, 2.24) is 9.97 Å². The first kappa shape index (κ1) is 11.3. The van der Waals surface area contributed by atoms with Crippen LogP contribution in [0.3, 0.4) is 0 Å². The molecule has 0 radical (unpaired) electrons. The third-order valence-corrected chi connectivity index (χ3v) is 3.15. The van der Waals surface area contributed by atoms with Crippen molar-refractivity contribution in [3.63, 3.8) is 0 Å². The van der Waals surface area contributed by atoms with Gasteiger partial charge >= 0.3 is 0 Å². The van der Waals surface area contributed by atoms with Gasteiger partial charge in [0.1, 0.15) is 0 Å². The zero-order valence-electron chi connectivity index (χ0n) is 9.65. The fourth-order valence-corrected chi connectivity index (χ4v) is 2.17. The zero-order valence-corrected chi connectivity index (χ0v) is 10.4. The van der Waals surface area contributed by atoms with E-state index >= 15 is 0 Å². The summed E-state index contributed by atoms with van der Waals surface area (Å²) in [5.41, 5.74) is 9.62. The molecule has 3 N–H and O–H groups in total. The molecule has 2 aromatic heterocycles. The van der Waals surface area contributed by atoms with Gasteiger partial charge in [-0.05, 0) is 42.0 Å². The molecule has 3 aromatic rings. The molecule has 90 valence electrons. The smallest absolute Gasteiger partial charge is 0.0867 e. The van der Waals surface area contributed by atoms with Crippen LogP contribution in [0.2, 0.25) is 5.02 Å². The van der Waals surface area contributed by atoms with E-state index < -0.39 is 0 Å². The van der Waals surface area contributed by atoms with Crippen molar-refractivity contribution in [3.8, 4) is 11.4 Å². The van der Waals surface area contributed by atoms with Crippen LogP contribution in [-0.4, -0.2) is 9.97 Å². The van der Waals surface area contributed by atoms with Gasteiger partial charge in [-0.1, -0.05) is 11.6 Å². The third kappa shape index (κ3) is 1.98. The minimum absolute atomic E-state index is 0.515. The summed E-state index contributed by atoms with van der Waals surface area (Å²) in [7, 11) is 0. The highest BCUT2D eigenvalue weighted by atomic mass is 35.5. The van der Waals surface area contributed by atoms with Crippen LogP contribution in [0.4, 0.5) is 0 Å². The second-order valence-corrected chi connectivity index (χ2v) is 4.60. The molecule has 0 atom stereocenters. The van der Waals surface area contributed by atoms with E-state index in [1.165, 1.54) is 0 Å². The van der Waals surface area contributed by atoms with E-state index in [0.717, 1.165) is 32.9 Å². The van der Waals surface area contributed by atoms with E-state index in [1.807, 2.05) is 36.4 Å². The Balaban J connectivity index is 2.13. The molecule has 0 amide bonds. The number of pyridine rings is 1. The summed E-state index contributed by atoms with van der Waals surface area (Å²) < 4.78 is 0.